The zero-order chi connectivity index (χ0) is 19.2. The van der Waals surface area contributed by atoms with Gasteiger partial charge in [0, 0.05) is 6.20 Å². The fraction of sp³-hybridized carbons (Fsp3) is 0.154. The third kappa shape index (κ3) is 4.62. The lowest BCUT2D eigenvalue weighted by Gasteiger charge is -2.14. The monoisotopic (exact) mass is 470 g/mol. The molecule has 134 valence electrons. The molecule has 0 aliphatic rings. The third-order valence-electron chi connectivity index (χ3n) is 2.83. The molecule has 0 fully saturated rings. The average molecular weight is 473 g/mol. The molecular weight excluding hydrogens is 469 g/mol. The first kappa shape index (κ1) is 20.8. The molecule has 1 heterocycles. The topological polar surface area (TPSA) is 28.7 Å². The molecule has 2 aromatic rings. The molecule has 2 rings (SSSR count). The summed E-state index contributed by atoms with van der Waals surface area (Å²) in [5.74, 6) is 0. The summed E-state index contributed by atoms with van der Waals surface area (Å²) in [6.45, 7) is 0. The van der Waals surface area contributed by atoms with Gasteiger partial charge in [0.2, 0.25) is 0 Å². The van der Waals surface area contributed by atoms with Crippen LogP contribution in [0.15, 0.2) is 23.2 Å². The van der Waals surface area contributed by atoms with Gasteiger partial charge >= 0.3 is 10.1 Å². The molecule has 25 heavy (non-hydrogen) atoms. The molecule has 2 nitrogen and oxygen atoms in total. The highest BCUT2D eigenvalue weighted by Gasteiger charge is 2.33. The predicted molar refractivity (Wildman–Crippen MR) is 91.9 cm³/mol. The molecule has 1 aromatic heterocycles. The molecule has 0 spiro atoms. The Morgan fingerprint density at radius 3 is 1.96 bits per heavy atom. The molecule has 1 aromatic carbocycles. The molecule has 0 radical (unpaired) electrons. The molecule has 0 unspecified atom stereocenters. The van der Waals surface area contributed by atoms with Crippen LogP contribution in [0, 0.1) is 11.3 Å². The Morgan fingerprint density at radius 2 is 1.56 bits per heavy atom. The lowest BCUT2D eigenvalue weighted by Crippen LogP contribution is -2.06. The number of benzene rings is 1. The van der Waals surface area contributed by atoms with E-state index in [4.69, 9.17) is 63.3 Å². The fourth-order valence-electron chi connectivity index (χ4n) is 1.89. The number of aromatic nitrogens is 1. The zero-order valence-electron chi connectivity index (χ0n) is 11.4. The number of hydrogen-bond donors (Lipinski definition) is 0. The van der Waals surface area contributed by atoms with E-state index in [9.17, 15) is 17.6 Å². The van der Waals surface area contributed by atoms with Gasteiger partial charge < -0.3 is 4.57 Å². The molecule has 0 saturated carbocycles. The van der Waals surface area contributed by atoms with Gasteiger partial charge in [-0.1, -0.05) is 58.0 Å². The van der Waals surface area contributed by atoms with Crippen molar-refractivity contribution in [3.8, 4) is 11.8 Å². The highest BCUT2D eigenvalue weighted by molar-refractivity contribution is 8.03. The number of thioether (sulfide) groups is 1. The van der Waals surface area contributed by atoms with Crippen molar-refractivity contribution >= 4 is 69.8 Å². The van der Waals surface area contributed by atoms with Gasteiger partial charge in [-0.15, -0.1) is 0 Å². The van der Waals surface area contributed by atoms with E-state index in [0.717, 1.165) is 10.8 Å². The predicted octanol–water partition coefficient (Wildman–Crippen LogP) is 7.48. The number of hydrogen-bond acceptors (Lipinski definition) is 2. The van der Waals surface area contributed by atoms with E-state index < -0.39 is 15.7 Å². The lowest BCUT2D eigenvalue weighted by molar-refractivity contribution is -0.137. The first-order chi connectivity index (χ1) is 11.3. The zero-order valence-corrected chi connectivity index (χ0v) is 16.0. The smallest absolute Gasteiger partial charge is 0.302 e. The van der Waals surface area contributed by atoms with Crippen LogP contribution in [-0.2, 0) is 6.18 Å². The van der Waals surface area contributed by atoms with Crippen LogP contribution >= 0.6 is 69.8 Å². The molecule has 0 aliphatic heterocycles. The van der Waals surface area contributed by atoms with Crippen LogP contribution in [0.4, 0.5) is 17.6 Å². The molecule has 0 saturated heterocycles. The first-order valence-corrected chi connectivity index (χ1v) is 8.69. The Labute approximate surface area is 168 Å². The van der Waals surface area contributed by atoms with Crippen molar-refractivity contribution in [2.45, 2.75) is 15.0 Å². The van der Waals surface area contributed by atoms with Gasteiger partial charge in [-0.2, -0.15) is 22.8 Å². The van der Waals surface area contributed by atoms with Crippen molar-refractivity contribution in [2.75, 3.05) is 0 Å². The van der Waals surface area contributed by atoms with Crippen LogP contribution in [0.25, 0.3) is 5.69 Å². The van der Waals surface area contributed by atoms with Crippen LogP contribution in [0.3, 0.4) is 0 Å². The van der Waals surface area contributed by atoms with Gasteiger partial charge in [-0.25, -0.2) is 0 Å². The van der Waals surface area contributed by atoms with Gasteiger partial charge in [0.05, 0.1) is 26.2 Å². The summed E-state index contributed by atoms with van der Waals surface area (Å²) < 4.78 is 50.1. The van der Waals surface area contributed by atoms with Crippen LogP contribution < -0.4 is 0 Å². The Bertz CT molecular complexity index is 844. The fourth-order valence-corrected chi connectivity index (χ4v) is 4.04. The highest BCUT2D eigenvalue weighted by atomic mass is 35.5. The normalized spacial score (nSPS) is 12.3. The minimum absolute atomic E-state index is 0.0490. The lowest BCUT2D eigenvalue weighted by atomic mass is 10.2. The first-order valence-electron chi connectivity index (χ1n) is 5.98. The maximum atomic E-state index is 13.4. The molecule has 0 atom stereocenters. The van der Waals surface area contributed by atoms with E-state index >= 15 is 0 Å². The van der Waals surface area contributed by atoms with E-state index in [-0.39, 0.29) is 43.1 Å². The second-order valence-corrected chi connectivity index (χ2v) is 8.54. The summed E-state index contributed by atoms with van der Waals surface area (Å²) in [6.07, 6.45) is -3.51. The summed E-state index contributed by atoms with van der Waals surface area (Å²) in [7, 11) is 0. The third-order valence-corrected chi connectivity index (χ3v) is 5.00. The van der Waals surface area contributed by atoms with E-state index in [2.05, 4.69) is 0 Å². The number of alkyl halides is 6. The molecule has 12 heteroatoms. The second-order valence-electron chi connectivity index (χ2n) is 4.48. The number of nitriles is 1. The number of rotatable bonds is 3. The van der Waals surface area contributed by atoms with Crippen LogP contribution in [0.5, 0.6) is 0 Å². The average Bonchev–Trinajstić information content (AvgIpc) is 2.71. The van der Waals surface area contributed by atoms with E-state index in [1.165, 1.54) is 0 Å². The molecule has 0 amide bonds. The second kappa shape index (κ2) is 7.26. The summed E-state index contributed by atoms with van der Waals surface area (Å²) >= 11 is 28.6. The van der Waals surface area contributed by atoms with E-state index in [1.54, 1.807) is 6.07 Å². The minimum Gasteiger partial charge on any atom is -0.302 e. The Balaban J connectivity index is 2.66. The summed E-state index contributed by atoms with van der Waals surface area (Å²) in [5.41, 5.74) is -1.37. The van der Waals surface area contributed by atoms with Gasteiger partial charge in [-0.3, -0.25) is 0 Å². The highest BCUT2D eigenvalue weighted by Crippen LogP contribution is 2.46. The van der Waals surface area contributed by atoms with E-state index in [1.807, 2.05) is 0 Å². The van der Waals surface area contributed by atoms with Crippen LogP contribution in [-0.4, -0.2) is 8.49 Å². The molecule has 0 aliphatic carbocycles. The quantitative estimate of drug-likeness (QED) is 0.263. The molecule has 0 N–H and O–H groups in total. The maximum absolute atomic E-state index is 13.4. The summed E-state index contributed by atoms with van der Waals surface area (Å²) in [5, 5.41) is 8.17. The van der Waals surface area contributed by atoms with Crippen molar-refractivity contribution in [3.05, 3.63) is 44.7 Å². The van der Waals surface area contributed by atoms with Crippen molar-refractivity contribution < 1.29 is 17.6 Å². The SMILES string of the molecule is N#Cc1c(SC(F)(Cl)Cl)cn(-c2c(Cl)cc(C(F)(F)F)cc2Cl)c1Cl. The van der Waals surface area contributed by atoms with E-state index in [0.29, 0.717) is 12.1 Å². The van der Waals surface area contributed by atoms with Gasteiger partial charge in [0.25, 0.3) is 0 Å². The largest absolute Gasteiger partial charge is 0.416 e. The van der Waals surface area contributed by atoms with Gasteiger partial charge in [0.15, 0.2) is 0 Å². The molecule has 0 bridgehead atoms. The summed E-state index contributed by atoms with van der Waals surface area (Å²) in [4.78, 5) is -0.0490. The van der Waals surface area contributed by atoms with Crippen molar-refractivity contribution in [1.82, 2.24) is 4.57 Å². The van der Waals surface area contributed by atoms with Crippen molar-refractivity contribution in [1.29, 1.82) is 5.26 Å². The summed E-state index contributed by atoms with van der Waals surface area (Å²) in [6, 6.07) is 3.03. The Hall–Kier alpha value is -0.490. The maximum Gasteiger partial charge on any atom is 0.416 e. The van der Waals surface area contributed by atoms with Gasteiger partial charge in [-0.05, 0) is 23.9 Å². The van der Waals surface area contributed by atoms with Crippen LogP contribution in [0.1, 0.15) is 11.1 Å². The number of nitrogens with zero attached hydrogens (tertiary/aromatic N) is 2. The Morgan fingerprint density at radius 1 is 1.04 bits per heavy atom. The van der Waals surface area contributed by atoms with Gasteiger partial charge in [0.1, 0.15) is 16.8 Å². The Kier molecular flexibility index (Phi) is 6.04. The van der Waals surface area contributed by atoms with Crippen molar-refractivity contribution in [3.63, 3.8) is 0 Å². The minimum atomic E-state index is -4.66. The number of halogens is 9. The standard InChI is InChI=1S/C13H3Cl5F4N2S/c14-7-1-5(12(19,20)21)2-8(15)10(7)24-4-9(25-13(17,18)22)6(3-23)11(24)16/h1-2,4H. The van der Waals surface area contributed by atoms with Crippen molar-refractivity contribution in [2.24, 2.45) is 0 Å². The van der Waals surface area contributed by atoms with Crippen LogP contribution in [0.2, 0.25) is 15.2 Å². The molecular formula is C13H3Cl5F4N2S.